The van der Waals surface area contributed by atoms with Crippen molar-refractivity contribution in [2.75, 3.05) is 5.32 Å². The Morgan fingerprint density at radius 3 is 2.54 bits per heavy atom. The third kappa shape index (κ3) is 2.67. The maximum absolute atomic E-state index is 13.3. The lowest BCUT2D eigenvalue weighted by atomic mass is 9.68. The van der Waals surface area contributed by atoms with E-state index in [9.17, 15) is 4.79 Å². The molecule has 2 aliphatic rings. The lowest BCUT2D eigenvalue weighted by Crippen LogP contribution is -2.33. The number of allylic oxidation sites excluding steroid dienone is 1. The predicted molar refractivity (Wildman–Crippen MR) is 117 cm³/mol. The number of rotatable bonds is 1. The van der Waals surface area contributed by atoms with E-state index in [0.717, 1.165) is 23.2 Å². The van der Waals surface area contributed by atoms with E-state index in [1.54, 1.807) is 0 Å². The molecule has 0 saturated heterocycles. The SMILES string of the molecule is CC1(C)CC(=O)C2=C(C1)c1c(ccc3ccccc13)N[C@H]2c1ccccc1Cl. The quantitative estimate of drug-likeness (QED) is 0.497. The van der Waals surface area contributed by atoms with Gasteiger partial charge in [0.05, 0.1) is 6.04 Å². The standard InChI is InChI=1S/C25H22ClNO/c1-25(2)13-18-22-16-8-4-3-7-15(16)11-12-20(22)27-24(23(18)21(28)14-25)17-9-5-6-10-19(17)26/h3-12,24,27H,13-14H2,1-2H3/t24-/m0/s1. The first kappa shape index (κ1) is 17.5. The Morgan fingerprint density at radius 2 is 1.71 bits per heavy atom. The van der Waals surface area contributed by atoms with E-state index in [1.807, 2.05) is 24.3 Å². The fourth-order valence-electron chi connectivity index (χ4n) is 4.78. The summed E-state index contributed by atoms with van der Waals surface area (Å²) in [7, 11) is 0. The van der Waals surface area contributed by atoms with Crippen LogP contribution in [-0.4, -0.2) is 5.78 Å². The van der Waals surface area contributed by atoms with Crippen molar-refractivity contribution in [3.63, 3.8) is 0 Å². The number of ketones is 1. The predicted octanol–water partition coefficient (Wildman–Crippen LogP) is 6.80. The van der Waals surface area contributed by atoms with Crippen LogP contribution in [-0.2, 0) is 4.79 Å². The van der Waals surface area contributed by atoms with Crippen LogP contribution < -0.4 is 5.32 Å². The number of Topliss-reactive ketones (excluding diaryl/α,β-unsaturated/α-hetero) is 1. The van der Waals surface area contributed by atoms with Gasteiger partial charge < -0.3 is 5.32 Å². The van der Waals surface area contributed by atoms with Gasteiger partial charge >= 0.3 is 0 Å². The van der Waals surface area contributed by atoms with Crippen molar-refractivity contribution in [3.8, 4) is 0 Å². The van der Waals surface area contributed by atoms with Crippen LogP contribution in [0.3, 0.4) is 0 Å². The normalized spacial score (nSPS) is 20.5. The van der Waals surface area contributed by atoms with Crippen molar-refractivity contribution in [2.24, 2.45) is 5.41 Å². The van der Waals surface area contributed by atoms with Gasteiger partial charge in [0.2, 0.25) is 0 Å². The lowest BCUT2D eigenvalue weighted by molar-refractivity contribution is -0.118. The average Bonchev–Trinajstić information content (AvgIpc) is 2.66. The van der Waals surface area contributed by atoms with Crippen LogP contribution in [0.4, 0.5) is 5.69 Å². The Hall–Kier alpha value is -2.58. The summed E-state index contributed by atoms with van der Waals surface area (Å²) in [6.07, 6.45) is 1.45. The van der Waals surface area contributed by atoms with Gasteiger partial charge in [0, 0.05) is 28.3 Å². The van der Waals surface area contributed by atoms with Gasteiger partial charge in [0.25, 0.3) is 0 Å². The highest BCUT2D eigenvalue weighted by Crippen LogP contribution is 2.52. The van der Waals surface area contributed by atoms with Gasteiger partial charge in [-0.1, -0.05) is 74.0 Å². The van der Waals surface area contributed by atoms with E-state index in [0.29, 0.717) is 11.4 Å². The van der Waals surface area contributed by atoms with Crippen LogP contribution >= 0.6 is 11.6 Å². The summed E-state index contributed by atoms with van der Waals surface area (Å²) in [5, 5.41) is 6.72. The minimum absolute atomic E-state index is 0.0491. The second kappa shape index (κ2) is 6.22. The Labute approximate surface area is 170 Å². The van der Waals surface area contributed by atoms with Crippen LogP contribution in [0.2, 0.25) is 5.02 Å². The van der Waals surface area contributed by atoms with Crippen LogP contribution in [0.25, 0.3) is 16.3 Å². The van der Waals surface area contributed by atoms with Gasteiger partial charge in [-0.05, 0) is 45.9 Å². The van der Waals surface area contributed by atoms with Gasteiger partial charge in [-0.2, -0.15) is 0 Å². The molecule has 0 amide bonds. The molecule has 5 rings (SSSR count). The topological polar surface area (TPSA) is 29.1 Å². The number of carbonyl (C=O) groups excluding carboxylic acids is 1. The molecule has 0 aromatic heterocycles. The summed E-state index contributed by atoms with van der Waals surface area (Å²) < 4.78 is 0. The van der Waals surface area contributed by atoms with E-state index in [4.69, 9.17) is 11.6 Å². The van der Waals surface area contributed by atoms with Crippen LogP contribution in [0, 0.1) is 5.41 Å². The fraction of sp³-hybridized carbons (Fsp3) is 0.240. The summed E-state index contributed by atoms with van der Waals surface area (Å²) in [5.74, 6) is 0.224. The molecule has 0 radical (unpaired) electrons. The third-order valence-corrected chi connectivity index (χ3v) is 6.30. The number of hydrogen-bond acceptors (Lipinski definition) is 2. The smallest absolute Gasteiger partial charge is 0.162 e. The molecule has 0 bridgehead atoms. The Bertz CT molecular complexity index is 1160. The summed E-state index contributed by atoms with van der Waals surface area (Å²) in [6, 6.07) is 20.3. The highest BCUT2D eigenvalue weighted by Gasteiger charge is 2.41. The maximum atomic E-state index is 13.3. The van der Waals surface area contributed by atoms with E-state index in [-0.39, 0.29) is 17.2 Å². The molecule has 0 fully saturated rings. The molecule has 140 valence electrons. The van der Waals surface area contributed by atoms with E-state index in [2.05, 4.69) is 55.6 Å². The number of benzene rings is 3. The number of fused-ring (bicyclic) bond motifs is 4. The van der Waals surface area contributed by atoms with Gasteiger partial charge in [0.15, 0.2) is 5.78 Å². The average molecular weight is 388 g/mol. The summed E-state index contributed by atoms with van der Waals surface area (Å²) in [6.45, 7) is 4.37. The second-order valence-corrected chi connectivity index (χ2v) is 9.05. The zero-order valence-electron chi connectivity index (χ0n) is 16.1. The van der Waals surface area contributed by atoms with Gasteiger partial charge in [-0.3, -0.25) is 4.79 Å². The molecular formula is C25H22ClNO. The zero-order valence-corrected chi connectivity index (χ0v) is 16.8. The largest absolute Gasteiger partial charge is 0.373 e. The molecular weight excluding hydrogens is 366 g/mol. The van der Waals surface area contributed by atoms with Crippen LogP contribution in [0.15, 0.2) is 66.2 Å². The summed E-state index contributed by atoms with van der Waals surface area (Å²) in [5.41, 5.74) is 5.23. The molecule has 3 aromatic rings. The molecule has 0 spiro atoms. The van der Waals surface area contributed by atoms with Crippen molar-refractivity contribution in [1.29, 1.82) is 0 Å². The van der Waals surface area contributed by atoms with Crippen molar-refractivity contribution in [1.82, 2.24) is 0 Å². The Kier molecular flexibility index (Phi) is 3.89. The molecule has 1 aliphatic heterocycles. The highest BCUT2D eigenvalue weighted by molar-refractivity contribution is 6.31. The molecule has 3 heteroatoms. The molecule has 0 saturated carbocycles. The molecule has 0 unspecified atom stereocenters. The van der Waals surface area contributed by atoms with E-state index < -0.39 is 0 Å². The second-order valence-electron chi connectivity index (χ2n) is 8.64. The first-order valence-electron chi connectivity index (χ1n) is 9.74. The summed E-state index contributed by atoms with van der Waals surface area (Å²) in [4.78, 5) is 13.3. The monoisotopic (exact) mass is 387 g/mol. The number of carbonyl (C=O) groups is 1. The van der Waals surface area contributed by atoms with Crippen molar-refractivity contribution in [2.45, 2.75) is 32.7 Å². The van der Waals surface area contributed by atoms with E-state index >= 15 is 0 Å². The lowest BCUT2D eigenvalue weighted by Gasteiger charge is -2.40. The Morgan fingerprint density at radius 1 is 0.964 bits per heavy atom. The first-order chi connectivity index (χ1) is 13.4. The number of anilines is 1. The van der Waals surface area contributed by atoms with Gasteiger partial charge in [-0.15, -0.1) is 0 Å². The fourth-order valence-corrected chi connectivity index (χ4v) is 5.02. The molecule has 1 heterocycles. The molecule has 1 aliphatic carbocycles. The maximum Gasteiger partial charge on any atom is 0.162 e. The van der Waals surface area contributed by atoms with Crippen molar-refractivity contribution < 1.29 is 4.79 Å². The van der Waals surface area contributed by atoms with Crippen LogP contribution in [0.5, 0.6) is 0 Å². The highest BCUT2D eigenvalue weighted by atomic mass is 35.5. The van der Waals surface area contributed by atoms with Gasteiger partial charge in [0.1, 0.15) is 0 Å². The van der Waals surface area contributed by atoms with Crippen LogP contribution in [0.1, 0.15) is 43.9 Å². The molecule has 28 heavy (non-hydrogen) atoms. The number of nitrogens with one attached hydrogen (secondary N) is 1. The Balaban J connectivity index is 1.83. The van der Waals surface area contributed by atoms with Crippen molar-refractivity contribution in [3.05, 3.63) is 82.4 Å². The molecule has 1 atom stereocenters. The first-order valence-corrected chi connectivity index (χ1v) is 10.1. The minimum Gasteiger partial charge on any atom is -0.373 e. The van der Waals surface area contributed by atoms with Crippen molar-refractivity contribution >= 4 is 39.4 Å². The van der Waals surface area contributed by atoms with Gasteiger partial charge in [-0.25, -0.2) is 0 Å². The summed E-state index contributed by atoms with van der Waals surface area (Å²) >= 11 is 6.54. The number of halogens is 1. The van der Waals surface area contributed by atoms with E-state index in [1.165, 1.54) is 21.9 Å². The molecule has 1 N–H and O–H groups in total. The molecule has 3 aromatic carbocycles. The zero-order chi connectivity index (χ0) is 19.5. The third-order valence-electron chi connectivity index (χ3n) is 5.96. The minimum atomic E-state index is -0.207. The number of hydrogen-bond donors (Lipinski definition) is 1. The molecule has 2 nitrogen and oxygen atoms in total.